The van der Waals surface area contributed by atoms with Gasteiger partial charge < -0.3 is 4.90 Å². The van der Waals surface area contributed by atoms with E-state index in [1.165, 1.54) is 0 Å². The number of nitrogens with one attached hydrogen (secondary N) is 1. The molecular weight excluding hydrogens is 242 g/mol. The van der Waals surface area contributed by atoms with Crippen LogP contribution in [0.5, 0.6) is 0 Å². The van der Waals surface area contributed by atoms with Crippen molar-refractivity contribution in [1.29, 1.82) is 5.26 Å². The first kappa shape index (κ1) is 13.1. The number of imide groups is 1. The zero-order valence-corrected chi connectivity index (χ0v) is 11.2. The van der Waals surface area contributed by atoms with Gasteiger partial charge >= 0.3 is 0 Å². The summed E-state index contributed by atoms with van der Waals surface area (Å²) in [5.74, 6) is -0.705. The fourth-order valence-corrected chi connectivity index (χ4v) is 2.13. The van der Waals surface area contributed by atoms with E-state index in [4.69, 9.17) is 0 Å². The third kappa shape index (κ3) is 2.17. The van der Waals surface area contributed by atoms with Gasteiger partial charge in [0, 0.05) is 0 Å². The third-order valence-corrected chi connectivity index (χ3v) is 3.35. The SMILES string of the molecule is Cc1ccc(C#N)c(N2CC(=O)NC(=O)C2(C)C)c1. The second kappa shape index (κ2) is 4.39. The fourth-order valence-electron chi connectivity index (χ4n) is 2.13. The van der Waals surface area contributed by atoms with Crippen LogP contribution in [-0.4, -0.2) is 23.9 Å². The number of hydrogen-bond acceptors (Lipinski definition) is 4. The van der Waals surface area contributed by atoms with Gasteiger partial charge in [-0.15, -0.1) is 0 Å². The van der Waals surface area contributed by atoms with Gasteiger partial charge in [-0.05, 0) is 38.5 Å². The summed E-state index contributed by atoms with van der Waals surface area (Å²) in [6.07, 6.45) is 0. The normalized spacial score (nSPS) is 17.9. The minimum Gasteiger partial charge on any atom is -0.347 e. The zero-order chi connectivity index (χ0) is 14.2. The summed E-state index contributed by atoms with van der Waals surface area (Å²) in [6, 6.07) is 7.47. The molecular formula is C14H15N3O2. The quantitative estimate of drug-likeness (QED) is 0.765. The predicted octanol–water partition coefficient (Wildman–Crippen LogP) is 1.11. The van der Waals surface area contributed by atoms with Crippen molar-refractivity contribution in [3.8, 4) is 6.07 Å². The number of nitriles is 1. The number of carbonyl (C=O) groups excluding carboxylic acids is 2. The van der Waals surface area contributed by atoms with E-state index in [9.17, 15) is 14.9 Å². The van der Waals surface area contributed by atoms with Crippen molar-refractivity contribution in [3.63, 3.8) is 0 Å². The molecule has 0 spiro atoms. The molecule has 98 valence electrons. The lowest BCUT2D eigenvalue weighted by atomic mass is 9.96. The zero-order valence-electron chi connectivity index (χ0n) is 11.2. The van der Waals surface area contributed by atoms with Crippen molar-refractivity contribution < 1.29 is 9.59 Å². The Morgan fingerprint density at radius 1 is 1.37 bits per heavy atom. The minimum atomic E-state index is -0.868. The molecule has 1 aromatic carbocycles. The maximum Gasteiger partial charge on any atom is 0.251 e. The Kier molecular flexibility index (Phi) is 3.03. The van der Waals surface area contributed by atoms with E-state index < -0.39 is 5.54 Å². The first-order valence-electron chi connectivity index (χ1n) is 5.99. The highest BCUT2D eigenvalue weighted by Crippen LogP contribution is 2.30. The largest absolute Gasteiger partial charge is 0.347 e. The Hall–Kier alpha value is -2.35. The second-order valence-corrected chi connectivity index (χ2v) is 5.15. The van der Waals surface area contributed by atoms with Crippen molar-refractivity contribution in [1.82, 2.24) is 5.32 Å². The minimum absolute atomic E-state index is 0.0663. The van der Waals surface area contributed by atoms with Crippen LogP contribution in [-0.2, 0) is 9.59 Å². The Balaban J connectivity index is 2.56. The summed E-state index contributed by atoms with van der Waals surface area (Å²) in [5, 5.41) is 11.5. The van der Waals surface area contributed by atoms with Gasteiger partial charge in [-0.25, -0.2) is 0 Å². The third-order valence-electron chi connectivity index (χ3n) is 3.35. The van der Waals surface area contributed by atoms with Crippen LogP contribution in [0.15, 0.2) is 18.2 Å². The molecule has 1 aromatic rings. The molecule has 5 nitrogen and oxygen atoms in total. The average Bonchev–Trinajstić information content (AvgIpc) is 2.34. The number of carbonyl (C=O) groups is 2. The number of piperazine rings is 1. The lowest BCUT2D eigenvalue weighted by Gasteiger charge is -2.42. The highest BCUT2D eigenvalue weighted by molar-refractivity contribution is 6.06. The molecule has 0 saturated carbocycles. The van der Waals surface area contributed by atoms with Gasteiger partial charge in [-0.2, -0.15) is 5.26 Å². The van der Waals surface area contributed by atoms with Crippen molar-refractivity contribution in [3.05, 3.63) is 29.3 Å². The lowest BCUT2D eigenvalue weighted by molar-refractivity contribution is -0.135. The average molecular weight is 257 g/mol. The van der Waals surface area contributed by atoms with Crippen molar-refractivity contribution in [2.24, 2.45) is 0 Å². The van der Waals surface area contributed by atoms with Crippen LogP contribution in [0, 0.1) is 18.3 Å². The topological polar surface area (TPSA) is 73.2 Å². The monoisotopic (exact) mass is 257 g/mol. The highest BCUT2D eigenvalue weighted by Gasteiger charge is 2.41. The smallest absolute Gasteiger partial charge is 0.251 e. The standard InChI is InChI=1S/C14H15N3O2/c1-9-4-5-10(7-15)11(6-9)17-8-12(18)16-13(19)14(17,2)3/h4-6H,8H2,1-3H3,(H,16,18,19). The number of rotatable bonds is 1. The molecule has 0 aliphatic carbocycles. The molecule has 1 aliphatic heterocycles. The molecule has 5 heteroatoms. The molecule has 0 unspecified atom stereocenters. The van der Waals surface area contributed by atoms with Gasteiger partial charge in [-0.3, -0.25) is 14.9 Å². The summed E-state index contributed by atoms with van der Waals surface area (Å²) in [7, 11) is 0. The Labute approximate surface area is 111 Å². The summed E-state index contributed by atoms with van der Waals surface area (Å²) in [4.78, 5) is 25.2. The van der Waals surface area contributed by atoms with Gasteiger partial charge in [0.05, 0.1) is 17.8 Å². The number of nitrogens with zero attached hydrogens (tertiary/aromatic N) is 2. The maximum absolute atomic E-state index is 11.9. The molecule has 1 heterocycles. The van der Waals surface area contributed by atoms with Crippen LogP contribution in [0.4, 0.5) is 5.69 Å². The molecule has 2 rings (SSSR count). The number of hydrogen-bond donors (Lipinski definition) is 1. The van der Waals surface area contributed by atoms with Crippen LogP contribution < -0.4 is 10.2 Å². The number of benzene rings is 1. The Bertz CT molecular complexity index is 599. The van der Waals surface area contributed by atoms with Crippen molar-refractivity contribution >= 4 is 17.5 Å². The van der Waals surface area contributed by atoms with E-state index in [0.29, 0.717) is 11.3 Å². The molecule has 0 aromatic heterocycles. The van der Waals surface area contributed by atoms with Crippen LogP contribution in [0.25, 0.3) is 0 Å². The molecule has 0 atom stereocenters. The van der Waals surface area contributed by atoms with Crippen molar-refractivity contribution in [2.45, 2.75) is 26.3 Å². The van der Waals surface area contributed by atoms with Crippen LogP contribution in [0.1, 0.15) is 25.0 Å². The van der Waals surface area contributed by atoms with Gasteiger partial charge in [0.1, 0.15) is 11.6 Å². The lowest BCUT2D eigenvalue weighted by Crippen LogP contribution is -2.64. The Morgan fingerprint density at radius 3 is 2.68 bits per heavy atom. The van der Waals surface area contributed by atoms with Crippen molar-refractivity contribution in [2.75, 3.05) is 11.4 Å². The first-order valence-corrected chi connectivity index (χ1v) is 5.99. The summed E-state index contributed by atoms with van der Waals surface area (Å²) in [6.45, 7) is 5.44. The van der Waals surface area contributed by atoms with E-state index in [2.05, 4.69) is 11.4 Å². The van der Waals surface area contributed by atoms with Crippen LogP contribution >= 0.6 is 0 Å². The Morgan fingerprint density at radius 2 is 2.05 bits per heavy atom. The summed E-state index contributed by atoms with van der Waals surface area (Å²) < 4.78 is 0. The van der Waals surface area contributed by atoms with E-state index in [-0.39, 0.29) is 18.4 Å². The van der Waals surface area contributed by atoms with Gasteiger partial charge in [0.2, 0.25) is 5.91 Å². The number of amides is 2. The van der Waals surface area contributed by atoms with Gasteiger partial charge in [0.25, 0.3) is 5.91 Å². The maximum atomic E-state index is 11.9. The molecule has 1 N–H and O–H groups in total. The highest BCUT2D eigenvalue weighted by atomic mass is 16.2. The molecule has 1 aliphatic rings. The molecule has 1 saturated heterocycles. The number of aryl methyl sites for hydroxylation is 1. The first-order chi connectivity index (χ1) is 8.86. The summed E-state index contributed by atoms with van der Waals surface area (Å²) in [5.41, 5.74) is 1.19. The van der Waals surface area contributed by atoms with E-state index >= 15 is 0 Å². The molecule has 2 amide bonds. The fraction of sp³-hybridized carbons (Fsp3) is 0.357. The predicted molar refractivity (Wildman–Crippen MR) is 70.5 cm³/mol. The van der Waals surface area contributed by atoms with Crippen LogP contribution in [0.3, 0.4) is 0 Å². The van der Waals surface area contributed by atoms with Gasteiger partial charge in [-0.1, -0.05) is 6.07 Å². The van der Waals surface area contributed by atoms with Gasteiger partial charge in [0.15, 0.2) is 0 Å². The number of anilines is 1. The molecule has 0 bridgehead atoms. The van der Waals surface area contributed by atoms with E-state index in [0.717, 1.165) is 5.56 Å². The molecule has 19 heavy (non-hydrogen) atoms. The van der Waals surface area contributed by atoms with E-state index in [1.807, 2.05) is 19.1 Å². The molecule has 0 radical (unpaired) electrons. The van der Waals surface area contributed by atoms with Crippen LogP contribution in [0.2, 0.25) is 0 Å². The second-order valence-electron chi connectivity index (χ2n) is 5.15. The molecule has 1 fully saturated rings. The van der Waals surface area contributed by atoms with E-state index in [1.54, 1.807) is 24.8 Å². The summed E-state index contributed by atoms with van der Waals surface area (Å²) >= 11 is 0.